The maximum absolute atomic E-state index is 6.02. The Morgan fingerprint density at radius 1 is 1.60 bits per heavy atom. The van der Waals surface area contributed by atoms with Crippen molar-refractivity contribution in [1.82, 2.24) is 0 Å². The first-order valence-electron chi connectivity index (χ1n) is 3.83. The number of rotatable bonds is 1. The van der Waals surface area contributed by atoms with Gasteiger partial charge in [0.1, 0.15) is 0 Å². The summed E-state index contributed by atoms with van der Waals surface area (Å²) in [6.45, 7) is 2.20. The normalized spacial score (nSPS) is 39.5. The highest BCUT2D eigenvalue weighted by molar-refractivity contribution is 6.20. The predicted octanol–water partition coefficient (Wildman–Crippen LogP) is 2.66. The lowest BCUT2D eigenvalue weighted by molar-refractivity contribution is 0.432. The average molecular weight is 157 g/mol. The monoisotopic (exact) mass is 156 g/mol. The molecule has 0 bridgehead atoms. The zero-order valence-corrected chi connectivity index (χ0v) is 7.06. The van der Waals surface area contributed by atoms with Gasteiger partial charge < -0.3 is 0 Å². The molecule has 1 heteroatoms. The fourth-order valence-electron chi connectivity index (χ4n) is 1.63. The van der Waals surface area contributed by atoms with Crippen LogP contribution in [0.1, 0.15) is 26.2 Å². The van der Waals surface area contributed by atoms with E-state index < -0.39 is 0 Å². The van der Waals surface area contributed by atoms with Crippen molar-refractivity contribution in [1.29, 1.82) is 0 Å². The van der Waals surface area contributed by atoms with Crippen LogP contribution in [0, 0.1) is 24.2 Å². The highest BCUT2D eigenvalue weighted by atomic mass is 35.5. The van der Waals surface area contributed by atoms with Crippen LogP contribution < -0.4 is 0 Å². The molecule has 0 radical (unpaired) electrons. The van der Waals surface area contributed by atoms with E-state index in [-0.39, 0.29) is 0 Å². The van der Waals surface area contributed by atoms with Crippen molar-refractivity contribution >= 4 is 11.6 Å². The van der Waals surface area contributed by atoms with E-state index in [1.807, 2.05) is 0 Å². The van der Waals surface area contributed by atoms with Crippen molar-refractivity contribution < 1.29 is 0 Å². The Morgan fingerprint density at radius 3 is 2.70 bits per heavy atom. The SMILES string of the molecule is C#CCC1CCC(Cl)C1C. The lowest BCUT2D eigenvalue weighted by atomic mass is 9.95. The molecule has 0 heterocycles. The molecule has 1 rings (SSSR count). The molecule has 1 fully saturated rings. The van der Waals surface area contributed by atoms with Gasteiger partial charge in [0.2, 0.25) is 0 Å². The first-order chi connectivity index (χ1) is 4.75. The quantitative estimate of drug-likeness (QED) is 0.405. The molecular formula is C9H13Cl. The molecule has 0 aromatic rings. The molecule has 0 aromatic heterocycles. The average Bonchev–Trinajstić information content (AvgIpc) is 2.20. The second kappa shape index (κ2) is 3.30. The summed E-state index contributed by atoms with van der Waals surface area (Å²) < 4.78 is 0. The first-order valence-corrected chi connectivity index (χ1v) is 4.27. The zero-order valence-electron chi connectivity index (χ0n) is 6.31. The summed E-state index contributed by atoms with van der Waals surface area (Å²) in [4.78, 5) is 0. The van der Waals surface area contributed by atoms with Crippen LogP contribution in [-0.4, -0.2) is 5.38 Å². The van der Waals surface area contributed by atoms with Gasteiger partial charge in [0, 0.05) is 11.8 Å². The molecule has 56 valence electrons. The minimum Gasteiger partial charge on any atom is -0.123 e. The van der Waals surface area contributed by atoms with E-state index in [0.29, 0.717) is 17.2 Å². The zero-order chi connectivity index (χ0) is 7.56. The molecule has 1 saturated carbocycles. The van der Waals surface area contributed by atoms with Gasteiger partial charge in [-0.2, -0.15) is 0 Å². The van der Waals surface area contributed by atoms with Crippen molar-refractivity contribution in [3.05, 3.63) is 0 Å². The third kappa shape index (κ3) is 1.47. The first kappa shape index (κ1) is 7.95. The molecule has 0 spiro atoms. The lowest BCUT2D eigenvalue weighted by Crippen LogP contribution is -2.09. The van der Waals surface area contributed by atoms with E-state index in [4.69, 9.17) is 18.0 Å². The number of alkyl halides is 1. The second-order valence-electron chi connectivity index (χ2n) is 3.12. The smallest absolute Gasteiger partial charge is 0.0364 e. The van der Waals surface area contributed by atoms with E-state index in [1.54, 1.807) is 0 Å². The van der Waals surface area contributed by atoms with Crippen molar-refractivity contribution in [3.8, 4) is 12.3 Å². The van der Waals surface area contributed by atoms with E-state index in [9.17, 15) is 0 Å². The van der Waals surface area contributed by atoms with Crippen LogP contribution in [-0.2, 0) is 0 Å². The summed E-state index contributed by atoms with van der Waals surface area (Å²) in [5, 5.41) is 0.373. The van der Waals surface area contributed by atoms with Gasteiger partial charge in [0.05, 0.1) is 0 Å². The Kier molecular flexibility index (Phi) is 2.63. The lowest BCUT2D eigenvalue weighted by Gasteiger charge is -2.13. The Balaban J connectivity index is 2.43. The van der Waals surface area contributed by atoms with Crippen LogP contribution in [0.5, 0.6) is 0 Å². The van der Waals surface area contributed by atoms with Crippen LogP contribution in [0.2, 0.25) is 0 Å². The largest absolute Gasteiger partial charge is 0.123 e. The third-order valence-corrected chi connectivity index (χ3v) is 3.12. The fraction of sp³-hybridized carbons (Fsp3) is 0.778. The maximum atomic E-state index is 6.02. The molecule has 3 atom stereocenters. The van der Waals surface area contributed by atoms with Gasteiger partial charge in [-0.15, -0.1) is 23.9 Å². The van der Waals surface area contributed by atoms with Crippen LogP contribution in [0.3, 0.4) is 0 Å². The van der Waals surface area contributed by atoms with Crippen LogP contribution >= 0.6 is 11.6 Å². The van der Waals surface area contributed by atoms with Gasteiger partial charge >= 0.3 is 0 Å². The standard InChI is InChI=1S/C9H13Cl/c1-3-4-8-5-6-9(10)7(8)2/h1,7-9H,4-6H2,2H3. The highest BCUT2D eigenvalue weighted by Gasteiger charge is 2.30. The van der Waals surface area contributed by atoms with E-state index in [0.717, 1.165) is 12.8 Å². The maximum Gasteiger partial charge on any atom is 0.0364 e. The molecular weight excluding hydrogens is 144 g/mol. The molecule has 0 N–H and O–H groups in total. The molecule has 0 aliphatic heterocycles. The molecule has 10 heavy (non-hydrogen) atoms. The van der Waals surface area contributed by atoms with Crippen LogP contribution in [0.25, 0.3) is 0 Å². The van der Waals surface area contributed by atoms with Gasteiger partial charge in [-0.3, -0.25) is 0 Å². The van der Waals surface area contributed by atoms with Gasteiger partial charge in [0.15, 0.2) is 0 Å². The van der Waals surface area contributed by atoms with Crippen molar-refractivity contribution in [2.75, 3.05) is 0 Å². The Bertz CT molecular complexity index is 145. The van der Waals surface area contributed by atoms with Gasteiger partial charge in [-0.05, 0) is 24.7 Å². The fourth-order valence-corrected chi connectivity index (χ4v) is 1.97. The number of halogens is 1. The second-order valence-corrected chi connectivity index (χ2v) is 3.68. The molecule has 0 saturated heterocycles. The topological polar surface area (TPSA) is 0 Å². The van der Waals surface area contributed by atoms with Crippen LogP contribution in [0.15, 0.2) is 0 Å². The van der Waals surface area contributed by atoms with Gasteiger partial charge in [-0.1, -0.05) is 6.92 Å². The van der Waals surface area contributed by atoms with Crippen molar-refractivity contribution in [3.63, 3.8) is 0 Å². The van der Waals surface area contributed by atoms with Crippen molar-refractivity contribution in [2.24, 2.45) is 11.8 Å². The molecule has 0 nitrogen and oxygen atoms in total. The van der Waals surface area contributed by atoms with E-state index >= 15 is 0 Å². The minimum atomic E-state index is 0.373. The summed E-state index contributed by atoms with van der Waals surface area (Å²) in [6, 6.07) is 0. The molecule has 1 aliphatic rings. The van der Waals surface area contributed by atoms with Gasteiger partial charge in [-0.25, -0.2) is 0 Å². The van der Waals surface area contributed by atoms with E-state index in [1.165, 1.54) is 6.42 Å². The summed E-state index contributed by atoms with van der Waals surface area (Å²) >= 11 is 6.02. The summed E-state index contributed by atoms with van der Waals surface area (Å²) in [5.74, 6) is 4.01. The minimum absolute atomic E-state index is 0.373. The number of hydrogen-bond donors (Lipinski definition) is 0. The molecule has 1 aliphatic carbocycles. The molecule has 0 aromatic carbocycles. The summed E-state index contributed by atoms with van der Waals surface area (Å²) in [6.07, 6.45) is 8.50. The summed E-state index contributed by atoms with van der Waals surface area (Å²) in [5.41, 5.74) is 0. The van der Waals surface area contributed by atoms with E-state index in [2.05, 4.69) is 12.8 Å². The molecule has 0 amide bonds. The summed E-state index contributed by atoms with van der Waals surface area (Å²) in [7, 11) is 0. The molecule has 3 unspecified atom stereocenters. The van der Waals surface area contributed by atoms with Crippen LogP contribution in [0.4, 0.5) is 0 Å². The Labute approximate surface area is 68.0 Å². The Hall–Kier alpha value is -0.150. The predicted molar refractivity (Wildman–Crippen MR) is 45.0 cm³/mol. The number of hydrogen-bond acceptors (Lipinski definition) is 0. The van der Waals surface area contributed by atoms with Gasteiger partial charge in [0.25, 0.3) is 0 Å². The van der Waals surface area contributed by atoms with Crippen molar-refractivity contribution in [2.45, 2.75) is 31.6 Å². The Morgan fingerprint density at radius 2 is 2.30 bits per heavy atom. The third-order valence-electron chi connectivity index (χ3n) is 2.51. The highest BCUT2D eigenvalue weighted by Crippen LogP contribution is 2.36. The number of terminal acetylenes is 1.